The van der Waals surface area contributed by atoms with Gasteiger partial charge in [0.15, 0.2) is 0 Å². The maximum absolute atomic E-state index is 3.62. The summed E-state index contributed by atoms with van der Waals surface area (Å²) in [7, 11) is 2.09. The summed E-state index contributed by atoms with van der Waals surface area (Å²) in [6, 6.07) is 2.98. The topological polar surface area (TPSA) is 30.5 Å². The smallest absolute Gasteiger partial charge is 0.0352 e. The Morgan fingerprint density at radius 1 is 1.30 bits per heavy atom. The highest BCUT2D eigenvalue weighted by molar-refractivity contribution is 5.07. The average molecular weight is 280 g/mol. The van der Waals surface area contributed by atoms with Crippen LogP contribution in [0.4, 0.5) is 0 Å². The summed E-state index contributed by atoms with van der Waals surface area (Å²) in [4.78, 5) is 5.42. The van der Waals surface area contributed by atoms with Crippen molar-refractivity contribution in [2.75, 3.05) is 33.2 Å². The van der Waals surface area contributed by atoms with Crippen molar-refractivity contribution >= 4 is 0 Å². The molecule has 0 aromatic rings. The molecule has 0 radical (unpaired) electrons. The van der Waals surface area contributed by atoms with Gasteiger partial charge in [-0.2, -0.15) is 0 Å². The minimum atomic E-state index is 0.338. The molecule has 3 heterocycles. The molecule has 116 valence electrons. The number of likely N-dealkylation sites (tertiary alicyclic amines) is 2. The first-order chi connectivity index (χ1) is 9.51. The summed E-state index contributed by atoms with van der Waals surface area (Å²) in [5, 5.41) is 7.05. The van der Waals surface area contributed by atoms with E-state index >= 15 is 0 Å². The largest absolute Gasteiger partial charge is 0.316 e. The second-order valence-electron chi connectivity index (χ2n) is 7.70. The van der Waals surface area contributed by atoms with Crippen LogP contribution in [0.25, 0.3) is 0 Å². The van der Waals surface area contributed by atoms with Crippen LogP contribution in [0.3, 0.4) is 0 Å². The maximum atomic E-state index is 3.62. The predicted molar refractivity (Wildman–Crippen MR) is 84.1 cm³/mol. The van der Waals surface area contributed by atoms with Gasteiger partial charge in [0.1, 0.15) is 0 Å². The Hall–Kier alpha value is -0.160. The van der Waals surface area contributed by atoms with Crippen molar-refractivity contribution in [3.63, 3.8) is 0 Å². The molecule has 0 saturated carbocycles. The van der Waals surface area contributed by atoms with Gasteiger partial charge in [-0.05, 0) is 53.6 Å². The SMILES string of the molecule is CNC1CCN(C(C)CC(C)(C)N2C[C@@H]3NCC[C@@H]32)C1. The van der Waals surface area contributed by atoms with Gasteiger partial charge in [0, 0.05) is 49.3 Å². The Bertz CT molecular complexity index is 343. The lowest BCUT2D eigenvalue weighted by atomic mass is 9.84. The first-order valence-electron chi connectivity index (χ1n) is 8.43. The molecule has 4 atom stereocenters. The Morgan fingerprint density at radius 3 is 2.75 bits per heavy atom. The zero-order valence-corrected chi connectivity index (χ0v) is 13.7. The normalized spacial score (nSPS) is 36.9. The molecular formula is C16H32N4. The number of hydrogen-bond donors (Lipinski definition) is 2. The van der Waals surface area contributed by atoms with Gasteiger partial charge in [0.05, 0.1) is 0 Å². The van der Waals surface area contributed by atoms with Crippen molar-refractivity contribution in [1.29, 1.82) is 0 Å². The third-order valence-corrected chi connectivity index (χ3v) is 5.93. The minimum Gasteiger partial charge on any atom is -0.316 e. The van der Waals surface area contributed by atoms with Gasteiger partial charge in [-0.3, -0.25) is 9.80 Å². The summed E-state index contributed by atoms with van der Waals surface area (Å²) in [5.41, 5.74) is 0.338. The molecule has 0 aromatic heterocycles. The van der Waals surface area contributed by atoms with E-state index in [-0.39, 0.29) is 0 Å². The van der Waals surface area contributed by atoms with Gasteiger partial charge in [0.2, 0.25) is 0 Å². The molecule has 2 unspecified atom stereocenters. The van der Waals surface area contributed by atoms with Gasteiger partial charge in [-0.25, -0.2) is 0 Å². The van der Waals surface area contributed by atoms with E-state index in [1.165, 1.54) is 45.4 Å². The summed E-state index contributed by atoms with van der Waals surface area (Å²) in [5.74, 6) is 0. The third-order valence-electron chi connectivity index (χ3n) is 5.93. The molecule has 20 heavy (non-hydrogen) atoms. The zero-order valence-electron chi connectivity index (χ0n) is 13.7. The van der Waals surface area contributed by atoms with E-state index in [2.05, 4.69) is 48.3 Å². The fourth-order valence-corrected chi connectivity index (χ4v) is 4.61. The van der Waals surface area contributed by atoms with Crippen molar-refractivity contribution in [3.8, 4) is 0 Å². The highest BCUT2D eigenvalue weighted by Gasteiger charge is 2.48. The van der Waals surface area contributed by atoms with E-state index in [1.807, 2.05) is 0 Å². The molecule has 2 N–H and O–H groups in total. The van der Waals surface area contributed by atoms with Gasteiger partial charge in [-0.15, -0.1) is 0 Å². The van der Waals surface area contributed by atoms with Crippen LogP contribution in [0.5, 0.6) is 0 Å². The highest BCUT2D eigenvalue weighted by atomic mass is 15.3. The zero-order chi connectivity index (χ0) is 14.3. The number of nitrogens with zero attached hydrogens (tertiary/aromatic N) is 2. The molecule has 0 aromatic carbocycles. The lowest BCUT2D eigenvalue weighted by Gasteiger charge is -2.54. The highest BCUT2D eigenvalue weighted by Crippen LogP contribution is 2.36. The van der Waals surface area contributed by atoms with Crippen LogP contribution in [0, 0.1) is 0 Å². The summed E-state index contributed by atoms with van der Waals surface area (Å²) < 4.78 is 0. The lowest BCUT2D eigenvalue weighted by Crippen LogP contribution is -2.68. The minimum absolute atomic E-state index is 0.338. The first-order valence-corrected chi connectivity index (χ1v) is 8.43. The van der Waals surface area contributed by atoms with Crippen LogP contribution >= 0.6 is 0 Å². The molecule has 0 spiro atoms. The molecule has 3 fully saturated rings. The summed E-state index contributed by atoms with van der Waals surface area (Å²) >= 11 is 0. The van der Waals surface area contributed by atoms with Crippen LogP contribution in [0.15, 0.2) is 0 Å². The number of fused-ring (bicyclic) bond motifs is 1. The Balaban J connectivity index is 1.53. The van der Waals surface area contributed by atoms with Crippen LogP contribution in [-0.4, -0.2) is 72.7 Å². The molecule has 3 aliphatic rings. The van der Waals surface area contributed by atoms with Gasteiger partial charge in [0.25, 0.3) is 0 Å². The second kappa shape index (κ2) is 5.56. The van der Waals surface area contributed by atoms with E-state index in [0.29, 0.717) is 17.6 Å². The number of likely N-dealkylation sites (N-methyl/N-ethyl adjacent to an activating group) is 1. The van der Waals surface area contributed by atoms with Crippen LogP contribution in [0.1, 0.15) is 40.0 Å². The Morgan fingerprint density at radius 2 is 2.10 bits per heavy atom. The predicted octanol–water partition coefficient (Wildman–Crippen LogP) is 0.883. The molecule has 0 aliphatic carbocycles. The van der Waals surface area contributed by atoms with Crippen LogP contribution in [-0.2, 0) is 0 Å². The Labute approximate surface area is 124 Å². The fourth-order valence-electron chi connectivity index (χ4n) is 4.61. The van der Waals surface area contributed by atoms with E-state index in [9.17, 15) is 0 Å². The second-order valence-corrected chi connectivity index (χ2v) is 7.70. The molecule has 4 heteroatoms. The third kappa shape index (κ3) is 2.63. The molecular weight excluding hydrogens is 248 g/mol. The van der Waals surface area contributed by atoms with Crippen LogP contribution in [0.2, 0.25) is 0 Å². The van der Waals surface area contributed by atoms with Crippen molar-refractivity contribution in [2.45, 2.75) is 69.7 Å². The average Bonchev–Trinajstić information content (AvgIpc) is 2.96. The monoisotopic (exact) mass is 280 g/mol. The molecule has 3 rings (SSSR count). The molecule has 3 aliphatic heterocycles. The summed E-state index contributed by atoms with van der Waals surface area (Å²) in [6.07, 6.45) is 3.93. The number of hydrogen-bond acceptors (Lipinski definition) is 4. The molecule has 4 nitrogen and oxygen atoms in total. The molecule has 0 bridgehead atoms. The van der Waals surface area contributed by atoms with E-state index < -0.39 is 0 Å². The van der Waals surface area contributed by atoms with E-state index in [0.717, 1.165) is 12.1 Å². The Kier molecular flexibility index (Phi) is 4.10. The van der Waals surface area contributed by atoms with Gasteiger partial charge >= 0.3 is 0 Å². The van der Waals surface area contributed by atoms with Gasteiger partial charge in [-0.1, -0.05) is 0 Å². The van der Waals surface area contributed by atoms with Crippen molar-refractivity contribution < 1.29 is 0 Å². The van der Waals surface area contributed by atoms with Crippen molar-refractivity contribution in [2.24, 2.45) is 0 Å². The van der Waals surface area contributed by atoms with Gasteiger partial charge < -0.3 is 10.6 Å². The molecule has 0 amide bonds. The standard InChI is InChI=1S/C16H32N4/c1-12(19-8-6-13(10-19)17-4)9-16(2,3)20-11-14-15(20)5-7-18-14/h12-15,17-18H,5-11H2,1-4H3/t12?,13?,14-,15-/m0/s1. The number of rotatable bonds is 5. The quantitative estimate of drug-likeness (QED) is 0.783. The number of nitrogens with one attached hydrogen (secondary N) is 2. The fraction of sp³-hybridized carbons (Fsp3) is 1.00. The summed E-state index contributed by atoms with van der Waals surface area (Å²) in [6.45, 7) is 12.3. The van der Waals surface area contributed by atoms with Crippen LogP contribution < -0.4 is 10.6 Å². The first kappa shape index (κ1) is 14.8. The molecule has 3 saturated heterocycles. The van der Waals surface area contributed by atoms with E-state index in [4.69, 9.17) is 0 Å². The maximum Gasteiger partial charge on any atom is 0.0352 e. The lowest BCUT2D eigenvalue weighted by molar-refractivity contribution is -0.0336. The van der Waals surface area contributed by atoms with Crippen molar-refractivity contribution in [3.05, 3.63) is 0 Å². The van der Waals surface area contributed by atoms with E-state index in [1.54, 1.807) is 0 Å². The van der Waals surface area contributed by atoms with Crippen molar-refractivity contribution in [1.82, 2.24) is 20.4 Å².